The highest BCUT2D eigenvalue weighted by Crippen LogP contribution is 2.20. The second-order valence-corrected chi connectivity index (χ2v) is 5.89. The quantitative estimate of drug-likeness (QED) is 0.837. The molecule has 0 saturated carbocycles. The fourth-order valence-corrected chi connectivity index (χ4v) is 3.28. The molecular weight excluding hydrogens is 250 g/mol. The van der Waals surface area contributed by atoms with Gasteiger partial charge in [-0.25, -0.2) is 0 Å². The first-order chi connectivity index (χ1) is 9.92. The third-order valence-electron chi connectivity index (χ3n) is 4.46. The summed E-state index contributed by atoms with van der Waals surface area (Å²) in [6.45, 7) is 7.50. The zero-order valence-electron chi connectivity index (χ0n) is 12.2. The molecule has 3 rings (SSSR count). The molecule has 0 spiro atoms. The molecule has 20 heavy (non-hydrogen) atoms. The number of nitrogens with zero attached hydrogens (tertiary/aromatic N) is 3. The molecule has 0 amide bonds. The summed E-state index contributed by atoms with van der Waals surface area (Å²) in [5.74, 6) is 0. The molecule has 2 saturated heterocycles. The van der Waals surface area contributed by atoms with Crippen molar-refractivity contribution in [3.63, 3.8) is 0 Å². The van der Waals surface area contributed by atoms with Gasteiger partial charge >= 0.3 is 0 Å². The Labute approximate surface area is 121 Å². The van der Waals surface area contributed by atoms with Crippen molar-refractivity contribution in [1.82, 2.24) is 14.8 Å². The average molecular weight is 275 g/mol. The topological polar surface area (TPSA) is 28.6 Å². The standard InChI is InChI=1S/C16H25N3O/c1-2-8-19(13-15-4-6-17-7-5-15)16(3-1)14-18-9-11-20-12-10-18/h4-7,16H,1-3,8-14H2/t16-/m0/s1. The fourth-order valence-electron chi connectivity index (χ4n) is 3.28. The van der Waals surface area contributed by atoms with Gasteiger partial charge in [-0.2, -0.15) is 0 Å². The zero-order valence-corrected chi connectivity index (χ0v) is 12.2. The normalized spacial score (nSPS) is 25.7. The number of hydrogen-bond donors (Lipinski definition) is 0. The molecule has 3 heterocycles. The van der Waals surface area contributed by atoms with Crippen molar-refractivity contribution < 1.29 is 4.74 Å². The number of pyridine rings is 1. The summed E-state index contributed by atoms with van der Waals surface area (Å²) >= 11 is 0. The molecule has 2 aliphatic heterocycles. The Hall–Kier alpha value is -0.970. The van der Waals surface area contributed by atoms with E-state index in [0.29, 0.717) is 6.04 Å². The number of rotatable bonds is 4. The van der Waals surface area contributed by atoms with Gasteiger partial charge in [0.1, 0.15) is 0 Å². The maximum Gasteiger partial charge on any atom is 0.0594 e. The Balaban J connectivity index is 1.58. The molecule has 4 nitrogen and oxygen atoms in total. The number of ether oxygens (including phenoxy) is 1. The van der Waals surface area contributed by atoms with Gasteiger partial charge in [0.15, 0.2) is 0 Å². The van der Waals surface area contributed by atoms with Crippen LogP contribution in [-0.4, -0.2) is 60.2 Å². The number of hydrogen-bond acceptors (Lipinski definition) is 4. The van der Waals surface area contributed by atoms with Crippen LogP contribution in [0.1, 0.15) is 24.8 Å². The number of aromatic nitrogens is 1. The Morgan fingerprint density at radius 2 is 1.90 bits per heavy atom. The highest BCUT2D eigenvalue weighted by Gasteiger charge is 2.25. The predicted molar refractivity (Wildman–Crippen MR) is 79.5 cm³/mol. The summed E-state index contributed by atoms with van der Waals surface area (Å²) in [7, 11) is 0. The summed E-state index contributed by atoms with van der Waals surface area (Å²) in [5, 5.41) is 0. The Kier molecular flexibility index (Phi) is 5.01. The predicted octanol–water partition coefficient (Wildman–Crippen LogP) is 1.77. The number of morpholine rings is 1. The third-order valence-corrected chi connectivity index (χ3v) is 4.46. The van der Waals surface area contributed by atoms with E-state index < -0.39 is 0 Å². The summed E-state index contributed by atoms with van der Waals surface area (Å²) < 4.78 is 5.45. The summed E-state index contributed by atoms with van der Waals surface area (Å²) in [4.78, 5) is 9.34. The maximum atomic E-state index is 5.45. The molecule has 2 aliphatic rings. The molecule has 0 bridgehead atoms. The molecular formula is C16H25N3O. The average Bonchev–Trinajstić information content (AvgIpc) is 2.51. The Morgan fingerprint density at radius 1 is 1.10 bits per heavy atom. The second-order valence-electron chi connectivity index (χ2n) is 5.89. The van der Waals surface area contributed by atoms with Crippen LogP contribution in [0, 0.1) is 0 Å². The van der Waals surface area contributed by atoms with Gasteiger partial charge in [0.05, 0.1) is 13.2 Å². The van der Waals surface area contributed by atoms with Crippen LogP contribution in [0.3, 0.4) is 0 Å². The smallest absolute Gasteiger partial charge is 0.0594 e. The fraction of sp³-hybridized carbons (Fsp3) is 0.688. The number of piperidine rings is 1. The molecule has 4 heteroatoms. The molecule has 0 N–H and O–H groups in total. The highest BCUT2D eigenvalue weighted by atomic mass is 16.5. The monoisotopic (exact) mass is 275 g/mol. The van der Waals surface area contributed by atoms with Crippen LogP contribution in [0.4, 0.5) is 0 Å². The van der Waals surface area contributed by atoms with E-state index in [4.69, 9.17) is 4.74 Å². The molecule has 2 fully saturated rings. The first-order valence-corrected chi connectivity index (χ1v) is 7.85. The van der Waals surface area contributed by atoms with E-state index in [2.05, 4.69) is 26.9 Å². The molecule has 110 valence electrons. The van der Waals surface area contributed by atoms with E-state index in [1.807, 2.05) is 12.4 Å². The molecule has 1 aromatic rings. The van der Waals surface area contributed by atoms with E-state index in [1.54, 1.807) is 0 Å². The van der Waals surface area contributed by atoms with Crippen LogP contribution in [0.25, 0.3) is 0 Å². The van der Waals surface area contributed by atoms with Gasteiger partial charge in [0, 0.05) is 44.6 Å². The Morgan fingerprint density at radius 3 is 2.70 bits per heavy atom. The van der Waals surface area contributed by atoms with Gasteiger partial charge in [-0.3, -0.25) is 14.8 Å². The van der Waals surface area contributed by atoms with Crippen molar-refractivity contribution in [2.75, 3.05) is 39.4 Å². The lowest BCUT2D eigenvalue weighted by Gasteiger charge is -2.39. The van der Waals surface area contributed by atoms with Gasteiger partial charge in [-0.05, 0) is 37.1 Å². The summed E-state index contributed by atoms with van der Waals surface area (Å²) in [6, 6.07) is 4.98. The summed E-state index contributed by atoms with van der Waals surface area (Å²) in [6.07, 6.45) is 7.85. The largest absolute Gasteiger partial charge is 0.379 e. The van der Waals surface area contributed by atoms with Crippen molar-refractivity contribution >= 4 is 0 Å². The van der Waals surface area contributed by atoms with E-state index in [0.717, 1.165) is 32.8 Å². The molecule has 0 aliphatic carbocycles. The van der Waals surface area contributed by atoms with Crippen molar-refractivity contribution in [3.05, 3.63) is 30.1 Å². The molecule has 1 aromatic heterocycles. The first kappa shape index (κ1) is 14.0. The lowest BCUT2D eigenvalue weighted by Crippen LogP contribution is -2.49. The van der Waals surface area contributed by atoms with Crippen molar-refractivity contribution in [2.45, 2.75) is 31.8 Å². The summed E-state index contributed by atoms with van der Waals surface area (Å²) in [5.41, 5.74) is 1.38. The van der Waals surface area contributed by atoms with Crippen molar-refractivity contribution in [2.24, 2.45) is 0 Å². The van der Waals surface area contributed by atoms with Crippen LogP contribution >= 0.6 is 0 Å². The van der Waals surface area contributed by atoms with E-state index in [-0.39, 0.29) is 0 Å². The van der Waals surface area contributed by atoms with Gasteiger partial charge in [0.2, 0.25) is 0 Å². The Bertz CT molecular complexity index is 392. The third kappa shape index (κ3) is 3.78. The zero-order chi connectivity index (χ0) is 13.6. The first-order valence-electron chi connectivity index (χ1n) is 7.85. The van der Waals surface area contributed by atoms with E-state index in [9.17, 15) is 0 Å². The lowest BCUT2D eigenvalue weighted by molar-refractivity contribution is 0.0153. The van der Waals surface area contributed by atoms with E-state index in [1.165, 1.54) is 37.9 Å². The molecule has 0 unspecified atom stereocenters. The number of likely N-dealkylation sites (tertiary alicyclic amines) is 1. The maximum absolute atomic E-state index is 5.45. The van der Waals surface area contributed by atoms with Gasteiger partial charge in [-0.1, -0.05) is 6.42 Å². The van der Waals surface area contributed by atoms with Crippen LogP contribution in [0.15, 0.2) is 24.5 Å². The van der Waals surface area contributed by atoms with Crippen LogP contribution in [-0.2, 0) is 11.3 Å². The molecule has 0 radical (unpaired) electrons. The van der Waals surface area contributed by atoms with E-state index >= 15 is 0 Å². The van der Waals surface area contributed by atoms with Crippen molar-refractivity contribution in [3.8, 4) is 0 Å². The lowest BCUT2D eigenvalue weighted by atomic mass is 10.0. The van der Waals surface area contributed by atoms with Gasteiger partial charge in [-0.15, -0.1) is 0 Å². The molecule has 0 aromatic carbocycles. The SMILES string of the molecule is c1cc(CN2CCCC[C@H]2CN2CCOCC2)ccn1. The van der Waals surface area contributed by atoms with Crippen LogP contribution < -0.4 is 0 Å². The van der Waals surface area contributed by atoms with Crippen molar-refractivity contribution in [1.29, 1.82) is 0 Å². The molecule has 1 atom stereocenters. The minimum absolute atomic E-state index is 0.704. The van der Waals surface area contributed by atoms with Crippen LogP contribution in [0.5, 0.6) is 0 Å². The van der Waals surface area contributed by atoms with Gasteiger partial charge in [0.25, 0.3) is 0 Å². The van der Waals surface area contributed by atoms with Crippen LogP contribution in [0.2, 0.25) is 0 Å². The van der Waals surface area contributed by atoms with Gasteiger partial charge < -0.3 is 4.74 Å². The minimum Gasteiger partial charge on any atom is -0.379 e. The minimum atomic E-state index is 0.704. The second kappa shape index (κ2) is 7.16. The highest BCUT2D eigenvalue weighted by molar-refractivity contribution is 5.09.